The predicted molar refractivity (Wildman–Crippen MR) is 90.3 cm³/mol. The summed E-state index contributed by atoms with van der Waals surface area (Å²) >= 11 is 0. The molecule has 0 amide bonds. The molecule has 0 aliphatic carbocycles. The SMILES string of the molecule is CC(C)Cn1cnnc1C1CCCN1c1ccc(C#N)c(C(F)(F)F)c1. The van der Waals surface area contributed by atoms with Crippen LogP contribution in [0.2, 0.25) is 0 Å². The molecule has 0 bridgehead atoms. The van der Waals surface area contributed by atoms with Gasteiger partial charge in [0.15, 0.2) is 5.82 Å². The molecule has 8 heteroatoms. The zero-order valence-corrected chi connectivity index (χ0v) is 14.7. The molecule has 0 spiro atoms. The first kappa shape index (κ1) is 18.2. The standard InChI is InChI=1S/C18H20F3N5/c1-12(2)10-25-11-23-24-17(25)16-4-3-7-26(16)14-6-5-13(9-22)15(8-14)18(19,20)21/h5-6,8,11-12,16H,3-4,7,10H2,1-2H3. The Morgan fingerprint density at radius 2 is 2.12 bits per heavy atom. The maximum atomic E-state index is 13.3. The Kier molecular flexibility index (Phi) is 4.90. The fourth-order valence-corrected chi connectivity index (χ4v) is 3.44. The van der Waals surface area contributed by atoms with Crippen LogP contribution >= 0.6 is 0 Å². The number of alkyl halides is 3. The average Bonchev–Trinajstić information content (AvgIpc) is 3.21. The minimum atomic E-state index is -4.56. The van der Waals surface area contributed by atoms with Crippen molar-refractivity contribution < 1.29 is 13.2 Å². The fraction of sp³-hybridized carbons (Fsp3) is 0.500. The Balaban J connectivity index is 1.97. The lowest BCUT2D eigenvalue weighted by Crippen LogP contribution is -2.26. The van der Waals surface area contributed by atoms with Crippen molar-refractivity contribution in [3.05, 3.63) is 41.5 Å². The van der Waals surface area contributed by atoms with Crippen LogP contribution in [-0.2, 0) is 12.7 Å². The number of aromatic nitrogens is 3. The Bertz CT molecular complexity index is 819. The highest BCUT2D eigenvalue weighted by atomic mass is 19.4. The Hall–Kier alpha value is -2.56. The molecule has 0 N–H and O–H groups in total. The first-order valence-electron chi connectivity index (χ1n) is 8.57. The Morgan fingerprint density at radius 3 is 2.77 bits per heavy atom. The van der Waals surface area contributed by atoms with Crippen molar-refractivity contribution >= 4 is 5.69 Å². The van der Waals surface area contributed by atoms with E-state index >= 15 is 0 Å². The molecular formula is C18H20F3N5. The van der Waals surface area contributed by atoms with Crippen LogP contribution in [0.3, 0.4) is 0 Å². The van der Waals surface area contributed by atoms with E-state index in [-0.39, 0.29) is 11.6 Å². The normalized spacial score (nSPS) is 17.7. The molecule has 1 aromatic carbocycles. The minimum absolute atomic E-state index is 0.120. The van der Waals surface area contributed by atoms with Gasteiger partial charge in [-0.15, -0.1) is 10.2 Å². The molecule has 138 valence electrons. The van der Waals surface area contributed by atoms with E-state index in [0.29, 0.717) is 18.2 Å². The summed E-state index contributed by atoms with van der Waals surface area (Å²) < 4.78 is 41.8. The lowest BCUT2D eigenvalue weighted by molar-refractivity contribution is -0.137. The number of nitriles is 1. The fourth-order valence-electron chi connectivity index (χ4n) is 3.44. The minimum Gasteiger partial charge on any atom is -0.361 e. The number of nitrogens with zero attached hydrogens (tertiary/aromatic N) is 5. The van der Waals surface area contributed by atoms with Gasteiger partial charge in [-0.25, -0.2) is 0 Å². The van der Waals surface area contributed by atoms with Crippen LogP contribution in [0.5, 0.6) is 0 Å². The summed E-state index contributed by atoms with van der Waals surface area (Å²) in [5.74, 6) is 1.18. The Labute approximate surface area is 150 Å². The van der Waals surface area contributed by atoms with Crippen molar-refractivity contribution in [2.75, 3.05) is 11.4 Å². The number of anilines is 1. The smallest absolute Gasteiger partial charge is 0.361 e. The summed E-state index contributed by atoms with van der Waals surface area (Å²) in [6.45, 7) is 5.58. The van der Waals surface area contributed by atoms with Crippen LogP contribution < -0.4 is 4.90 Å². The van der Waals surface area contributed by atoms with Crippen molar-refractivity contribution in [3.8, 4) is 6.07 Å². The van der Waals surface area contributed by atoms with E-state index in [4.69, 9.17) is 5.26 Å². The second kappa shape index (κ2) is 6.98. The third-order valence-corrected chi connectivity index (χ3v) is 4.52. The lowest BCUT2D eigenvalue weighted by atomic mass is 10.1. The summed E-state index contributed by atoms with van der Waals surface area (Å²) in [4.78, 5) is 1.93. The summed E-state index contributed by atoms with van der Waals surface area (Å²) in [5.41, 5.74) is -0.801. The van der Waals surface area contributed by atoms with Gasteiger partial charge in [0.2, 0.25) is 0 Å². The third-order valence-electron chi connectivity index (χ3n) is 4.52. The highest BCUT2D eigenvalue weighted by Gasteiger charge is 2.36. The van der Waals surface area contributed by atoms with Crippen LogP contribution in [-0.4, -0.2) is 21.3 Å². The highest BCUT2D eigenvalue weighted by molar-refractivity contribution is 5.56. The first-order chi connectivity index (χ1) is 12.3. The zero-order valence-electron chi connectivity index (χ0n) is 14.7. The second-order valence-electron chi connectivity index (χ2n) is 6.93. The van der Waals surface area contributed by atoms with Crippen LogP contribution in [0.25, 0.3) is 0 Å². The third kappa shape index (κ3) is 3.52. The molecule has 1 saturated heterocycles. The summed E-state index contributed by atoms with van der Waals surface area (Å²) in [7, 11) is 0. The predicted octanol–water partition coefficient (Wildman–Crippen LogP) is 4.17. The molecule has 1 atom stereocenters. The van der Waals surface area contributed by atoms with E-state index in [0.717, 1.165) is 31.3 Å². The maximum Gasteiger partial charge on any atom is 0.417 e. The van der Waals surface area contributed by atoms with Gasteiger partial charge in [-0.3, -0.25) is 0 Å². The van der Waals surface area contributed by atoms with Crippen LogP contribution in [0.1, 0.15) is 49.7 Å². The van der Waals surface area contributed by atoms with Crippen molar-refractivity contribution in [2.24, 2.45) is 5.92 Å². The summed E-state index contributed by atoms with van der Waals surface area (Å²) in [5, 5.41) is 17.2. The number of hydrogen-bond acceptors (Lipinski definition) is 4. The molecule has 3 rings (SSSR count). The van der Waals surface area contributed by atoms with Gasteiger partial charge in [-0.1, -0.05) is 13.8 Å². The molecule has 1 aromatic heterocycles. The van der Waals surface area contributed by atoms with E-state index < -0.39 is 11.7 Å². The van der Waals surface area contributed by atoms with Gasteiger partial charge in [0.25, 0.3) is 0 Å². The molecule has 2 heterocycles. The van der Waals surface area contributed by atoms with Crippen molar-refractivity contribution in [1.29, 1.82) is 5.26 Å². The van der Waals surface area contributed by atoms with Crippen LogP contribution in [0, 0.1) is 17.2 Å². The van der Waals surface area contributed by atoms with Gasteiger partial charge in [0.05, 0.1) is 23.2 Å². The number of hydrogen-bond donors (Lipinski definition) is 0. The van der Waals surface area contributed by atoms with Gasteiger partial charge in [0.1, 0.15) is 6.33 Å². The first-order valence-corrected chi connectivity index (χ1v) is 8.57. The lowest BCUT2D eigenvalue weighted by Gasteiger charge is -2.27. The summed E-state index contributed by atoms with van der Waals surface area (Å²) in [6, 6.07) is 5.39. The topological polar surface area (TPSA) is 57.7 Å². The van der Waals surface area contributed by atoms with Gasteiger partial charge in [0, 0.05) is 18.8 Å². The monoisotopic (exact) mass is 363 g/mol. The molecule has 0 radical (unpaired) electrons. The number of rotatable bonds is 4. The molecule has 5 nitrogen and oxygen atoms in total. The second-order valence-corrected chi connectivity index (χ2v) is 6.93. The van der Waals surface area contributed by atoms with Crippen LogP contribution in [0.15, 0.2) is 24.5 Å². The van der Waals surface area contributed by atoms with E-state index in [9.17, 15) is 13.2 Å². The molecule has 1 fully saturated rings. The molecule has 0 saturated carbocycles. The van der Waals surface area contributed by atoms with Gasteiger partial charge in [-0.05, 0) is 37.0 Å². The molecule has 1 aliphatic rings. The van der Waals surface area contributed by atoms with Gasteiger partial charge >= 0.3 is 6.18 Å². The molecule has 1 unspecified atom stereocenters. The van der Waals surface area contributed by atoms with Crippen LogP contribution in [0.4, 0.5) is 18.9 Å². The molecular weight excluding hydrogens is 343 g/mol. The Morgan fingerprint density at radius 1 is 1.35 bits per heavy atom. The summed E-state index contributed by atoms with van der Waals surface area (Å²) in [6.07, 6.45) is -1.22. The number of benzene rings is 1. The van der Waals surface area contributed by atoms with Gasteiger partial charge < -0.3 is 9.47 Å². The zero-order chi connectivity index (χ0) is 18.9. The quantitative estimate of drug-likeness (QED) is 0.818. The largest absolute Gasteiger partial charge is 0.417 e. The molecule has 26 heavy (non-hydrogen) atoms. The van der Waals surface area contributed by atoms with Crippen molar-refractivity contribution in [2.45, 2.75) is 45.5 Å². The highest BCUT2D eigenvalue weighted by Crippen LogP contribution is 2.39. The van der Waals surface area contributed by atoms with Crippen molar-refractivity contribution in [3.63, 3.8) is 0 Å². The molecule has 1 aliphatic heterocycles. The number of halogens is 3. The molecule has 2 aromatic rings. The van der Waals surface area contributed by atoms with E-state index in [1.54, 1.807) is 18.5 Å². The maximum absolute atomic E-state index is 13.3. The average molecular weight is 363 g/mol. The van der Waals surface area contributed by atoms with E-state index in [1.807, 2.05) is 9.47 Å². The van der Waals surface area contributed by atoms with Crippen molar-refractivity contribution in [1.82, 2.24) is 14.8 Å². The van der Waals surface area contributed by atoms with Gasteiger partial charge in [-0.2, -0.15) is 18.4 Å². The van der Waals surface area contributed by atoms with E-state index in [2.05, 4.69) is 24.0 Å². The van der Waals surface area contributed by atoms with E-state index in [1.165, 1.54) is 6.07 Å².